The Hall–Kier alpha value is -3.30. The summed E-state index contributed by atoms with van der Waals surface area (Å²) in [5.41, 5.74) is 4.50. The Bertz CT molecular complexity index is 1340. The summed E-state index contributed by atoms with van der Waals surface area (Å²) in [5, 5.41) is 3.23. The molecular formula is C29H34F2N6O. The third-order valence-electron chi connectivity index (χ3n) is 7.97. The van der Waals surface area contributed by atoms with Crippen molar-refractivity contribution in [1.29, 1.82) is 0 Å². The molecule has 2 aromatic carbocycles. The van der Waals surface area contributed by atoms with E-state index in [1.807, 2.05) is 19.9 Å². The number of likely N-dealkylation sites (tertiary alicyclic amines) is 1. The molecule has 0 bridgehead atoms. The number of fused-ring (bicyclic) bond motifs is 2. The van der Waals surface area contributed by atoms with Crippen LogP contribution in [-0.4, -0.2) is 65.1 Å². The molecule has 9 heteroatoms. The van der Waals surface area contributed by atoms with E-state index in [0.717, 1.165) is 38.1 Å². The van der Waals surface area contributed by atoms with Crippen LogP contribution in [0.15, 0.2) is 36.5 Å². The molecule has 0 atom stereocenters. The van der Waals surface area contributed by atoms with Gasteiger partial charge in [-0.25, -0.2) is 18.7 Å². The van der Waals surface area contributed by atoms with Gasteiger partial charge in [-0.3, -0.25) is 4.90 Å². The largest absolute Gasteiger partial charge is 0.486 e. The average Bonchev–Trinajstić information content (AvgIpc) is 3.33. The number of hydrogen-bond donors (Lipinski definition) is 1. The topological polar surface area (TPSA) is 56.8 Å². The molecule has 200 valence electrons. The van der Waals surface area contributed by atoms with Crippen LogP contribution < -0.4 is 15.0 Å². The van der Waals surface area contributed by atoms with E-state index in [2.05, 4.69) is 49.2 Å². The molecule has 6 rings (SSSR count). The standard InChI is InChI=1S/C29H34F2N6O/c1-18(2)37-10-11-38-28-24(30)13-20(14-26(28)37)27-25(31)15-32-29(34-27)33-22-5-4-19-16-36(17-21(19)12-22)23-6-8-35(3)9-7-23/h4-5,12-15,18,23H,6-11,16-17H2,1-3H3,(H,32,33,34). The van der Waals surface area contributed by atoms with Crippen molar-refractivity contribution in [1.82, 2.24) is 19.8 Å². The minimum Gasteiger partial charge on any atom is -0.486 e. The zero-order valence-electron chi connectivity index (χ0n) is 22.2. The first-order chi connectivity index (χ1) is 18.4. The summed E-state index contributed by atoms with van der Waals surface area (Å²) < 4.78 is 35.5. The van der Waals surface area contributed by atoms with Crippen LogP contribution in [0, 0.1) is 11.6 Å². The van der Waals surface area contributed by atoms with E-state index < -0.39 is 11.6 Å². The minimum absolute atomic E-state index is 0.0491. The number of halogens is 2. The number of benzene rings is 2. The zero-order valence-corrected chi connectivity index (χ0v) is 22.2. The Kier molecular flexibility index (Phi) is 6.65. The molecule has 1 saturated heterocycles. The quantitative estimate of drug-likeness (QED) is 0.497. The van der Waals surface area contributed by atoms with Crippen molar-refractivity contribution in [3.05, 3.63) is 59.3 Å². The van der Waals surface area contributed by atoms with Crippen LogP contribution >= 0.6 is 0 Å². The van der Waals surface area contributed by atoms with Crippen LogP contribution in [0.5, 0.6) is 5.75 Å². The van der Waals surface area contributed by atoms with E-state index in [-0.39, 0.29) is 23.4 Å². The number of aromatic nitrogens is 2. The Morgan fingerprint density at radius 3 is 2.58 bits per heavy atom. The molecule has 7 nitrogen and oxygen atoms in total. The number of nitrogens with zero attached hydrogens (tertiary/aromatic N) is 5. The summed E-state index contributed by atoms with van der Waals surface area (Å²) in [4.78, 5) is 15.6. The Morgan fingerprint density at radius 1 is 1.00 bits per heavy atom. The van der Waals surface area contributed by atoms with E-state index in [1.54, 1.807) is 6.07 Å². The maximum atomic E-state index is 15.0. The first kappa shape index (κ1) is 25.0. The number of ether oxygens (including phenoxy) is 1. The first-order valence-electron chi connectivity index (χ1n) is 13.4. The summed E-state index contributed by atoms with van der Waals surface area (Å²) in [6, 6.07) is 10.1. The molecule has 1 fully saturated rings. The van der Waals surface area contributed by atoms with Crippen molar-refractivity contribution in [3.63, 3.8) is 0 Å². The summed E-state index contributed by atoms with van der Waals surface area (Å²) in [6.45, 7) is 9.32. The van der Waals surface area contributed by atoms with Gasteiger partial charge in [-0.15, -0.1) is 0 Å². The van der Waals surface area contributed by atoms with Crippen LogP contribution in [0.1, 0.15) is 37.8 Å². The summed E-state index contributed by atoms with van der Waals surface area (Å²) in [6.07, 6.45) is 3.53. The number of piperidine rings is 1. The fourth-order valence-electron chi connectivity index (χ4n) is 5.85. The normalized spacial score (nSPS) is 18.4. The summed E-state index contributed by atoms with van der Waals surface area (Å²) >= 11 is 0. The van der Waals surface area contributed by atoms with Crippen molar-refractivity contribution in [3.8, 4) is 17.0 Å². The third kappa shape index (κ3) is 4.80. The van der Waals surface area contributed by atoms with Gasteiger partial charge in [0.25, 0.3) is 0 Å². The number of nitrogens with one attached hydrogen (secondary N) is 1. The van der Waals surface area contributed by atoms with Gasteiger partial charge in [0.15, 0.2) is 17.4 Å². The number of anilines is 3. The van der Waals surface area contributed by atoms with Crippen LogP contribution in [-0.2, 0) is 13.1 Å². The predicted octanol–water partition coefficient (Wildman–Crippen LogP) is 5.18. The molecule has 0 unspecified atom stereocenters. The highest BCUT2D eigenvalue weighted by atomic mass is 19.1. The van der Waals surface area contributed by atoms with E-state index in [1.165, 1.54) is 30.0 Å². The highest BCUT2D eigenvalue weighted by Crippen LogP contribution is 2.39. The van der Waals surface area contributed by atoms with Gasteiger partial charge in [0.05, 0.1) is 18.4 Å². The monoisotopic (exact) mass is 520 g/mol. The summed E-state index contributed by atoms with van der Waals surface area (Å²) in [5.74, 6) is -0.663. The average molecular weight is 521 g/mol. The molecule has 3 aliphatic rings. The third-order valence-corrected chi connectivity index (χ3v) is 7.97. The number of hydrogen-bond acceptors (Lipinski definition) is 7. The van der Waals surface area contributed by atoms with E-state index >= 15 is 4.39 Å². The second-order valence-corrected chi connectivity index (χ2v) is 10.9. The molecule has 0 aliphatic carbocycles. The molecular weight excluding hydrogens is 486 g/mol. The molecule has 38 heavy (non-hydrogen) atoms. The van der Waals surface area contributed by atoms with Crippen LogP contribution in [0.25, 0.3) is 11.3 Å². The van der Waals surface area contributed by atoms with Gasteiger partial charge in [-0.2, -0.15) is 0 Å². The van der Waals surface area contributed by atoms with Crippen LogP contribution in [0.2, 0.25) is 0 Å². The molecule has 0 radical (unpaired) electrons. The smallest absolute Gasteiger partial charge is 0.227 e. The highest BCUT2D eigenvalue weighted by Gasteiger charge is 2.29. The highest BCUT2D eigenvalue weighted by molar-refractivity contribution is 5.73. The van der Waals surface area contributed by atoms with Gasteiger partial charge in [-0.05, 0) is 82.2 Å². The van der Waals surface area contributed by atoms with Crippen LogP contribution in [0.4, 0.5) is 26.1 Å². The van der Waals surface area contributed by atoms with E-state index in [0.29, 0.717) is 30.4 Å². The predicted molar refractivity (Wildman–Crippen MR) is 145 cm³/mol. The fourth-order valence-corrected chi connectivity index (χ4v) is 5.85. The van der Waals surface area contributed by atoms with Gasteiger partial charge in [0, 0.05) is 36.4 Å². The molecule has 1 aromatic heterocycles. The van der Waals surface area contributed by atoms with Crippen molar-refractivity contribution >= 4 is 17.3 Å². The van der Waals surface area contributed by atoms with E-state index in [4.69, 9.17) is 4.74 Å². The zero-order chi connectivity index (χ0) is 26.4. The Morgan fingerprint density at radius 2 is 1.79 bits per heavy atom. The SMILES string of the molecule is CC(C)N1CCOc2c(F)cc(-c3nc(Nc4ccc5c(c4)CN(C4CCN(C)CC4)C5)ncc3F)cc21. The molecule has 0 amide bonds. The Balaban J connectivity index is 1.23. The van der Waals surface area contributed by atoms with Crippen molar-refractivity contribution in [2.45, 2.75) is 51.9 Å². The minimum atomic E-state index is -0.606. The lowest BCUT2D eigenvalue weighted by Gasteiger charge is -2.34. The summed E-state index contributed by atoms with van der Waals surface area (Å²) in [7, 11) is 2.19. The molecule has 1 N–H and O–H groups in total. The van der Waals surface area contributed by atoms with Crippen molar-refractivity contribution < 1.29 is 13.5 Å². The van der Waals surface area contributed by atoms with Crippen molar-refractivity contribution in [2.75, 3.05) is 43.5 Å². The fraction of sp³-hybridized carbons (Fsp3) is 0.448. The van der Waals surface area contributed by atoms with Gasteiger partial charge in [-0.1, -0.05) is 6.07 Å². The van der Waals surface area contributed by atoms with Gasteiger partial charge in [0.2, 0.25) is 5.95 Å². The van der Waals surface area contributed by atoms with Gasteiger partial charge in [0.1, 0.15) is 12.3 Å². The molecule has 4 heterocycles. The van der Waals surface area contributed by atoms with Gasteiger partial charge < -0.3 is 19.9 Å². The lowest BCUT2D eigenvalue weighted by Crippen LogP contribution is -2.41. The van der Waals surface area contributed by atoms with Gasteiger partial charge >= 0.3 is 0 Å². The van der Waals surface area contributed by atoms with E-state index in [9.17, 15) is 4.39 Å². The Labute approximate surface area is 222 Å². The first-order valence-corrected chi connectivity index (χ1v) is 13.4. The lowest BCUT2D eigenvalue weighted by atomic mass is 10.0. The number of rotatable bonds is 5. The van der Waals surface area contributed by atoms with Crippen LogP contribution in [0.3, 0.4) is 0 Å². The molecule has 3 aliphatic heterocycles. The molecule has 3 aromatic rings. The second kappa shape index (κ2) is 10.1. The molecule has 0 saturated carbocycles. The second-order valence-electron chi connectivity index (χ2n) is 10.9. The molecule has 0 spiro atoms. The maximum Gasteiger partial charge on any atom is 0.227 e. The maximum absolute atomic E-state index is 15.0. The lowest BCUT2D eigenvalue weighted by molar-refractivity contribution is 0.120. The van der Waals surface area contributed by atoms with Crippen molar-refractivity contribution in [2.24, 2.45) is 0 Å².